The van der Waals surface area contributed by atoms with E-state index < -0.39 is 5.72 Å². The minimum atomic E-state index is -0.515. The number of hydrogen-bond acceptors (Lipinski definition) is 5. The number of carbonyl (C=O) groups excluding carboxylic acids is 1. The molecular formula is C21H21N3O3. The number of nitrogens with zero attached hydrogens (tertiary/aromatic N) is 2. The van der Waals surface area contributed by atoms with Crippen molar-refractivity contribution in [1.82, 2.24) is 14.9 Å². The Hall–Kier alpha value is -2.70. The smallest absolute Gasteiger partial charge is 0.339 e. The molecule has 0 bridgehead atoms. The molecule has 2 aliphatic heterocycles. The van der Waals surface area contributed by atoms with Crippen molar-refractivity contribution in [3.63, 3.8) is 0 Å². The summed E-state index contributed by atoms with van der Waals surface area (Å²) in [6.45, 7) is 3.82. The van der Waals surface area contributed by atoms with E-state index in [9.17, 15) is 4.79 Å². The summed E-state index contributed by atoms with van der Waals surface area (Å²) in [6.07, 6.45) is 4.13. The first-order valence-electron chi connectivity index (χ1n) is 9.16. The van der Waals surface area contributed by atoms with Crippen LogP contribution >= 0.6 is 0 Å². The van der Waals surface area contributed by atoms with Crippen LogP contribution in [0.25, 0.3) is 10.9 Å². The molecule has 138 valence electrons. The number of nitrogens with one attached hydrogen (secondary N) is 1. The lowest BCUT2D eigenvalue weighted by Gasteiger charge is -2.37. The molecule has 0 radical (unpaired) electrons. The molecular weight excluding hydrogens is 342 g/mol. The number of benzene rings is 1. The fraction of sp³-hybridized carbons (Fsp3) is 0.333. The zero-order valence-electron chi connectivity index (χ0n) is 15.4. The Kier molecular flexibility index (Phi) is 3.60. The Morgan fingerprint density at radius 2 is 2.22 bits per heavy atom. The Bertz CT molecular complexity index is 1040. The van der Waals surface area contributed by atoms with Crippen molar-refractivity contribution >= 4 is 16.9 Å². The predicted octanol–water partition coefficient (Wildman–Crippen LogP) is 3.15. The average Bonchev–Trinajstić information content (AvgIpc) is 3.26. The van der Waals surface area contributed by atoms with Gasteiger partial charge < -0.3 is 14.5 Å². The number of aromatic nitrogens is 2. The number of pyridine rings is 1. The van der Waals surface area contributed by atoms with E-state index in [0.717, 1.165) is 36.3 Å². The summed E-state index contributed by atoms with van der Waals surface area (Å²) in [5.74, 6) is -0.385. The summed E-state index contributed by atoms with van der Waals surface area (Å²) in [6, 6.07) is 10.2. The van der Waals surface area contributed by atoms with Crippen molar-refractivity contribution in [1.29, 1.82) is 0 Å². The van der Waals surface area contributed by atoms with E-state index in [1.54, 1.807) is 6.20 Å². The zero-order valence-corrected chi connectivity index (χ0v) is 15.4. The fourth-order valence-electron chi connectivity index (χ4n) is 4.42. The van der Waals surface area contributed by atoms with Gasteiger partial charge >= 0.3 is 5.97 Å². The number of H-pyrrole nitrogens is 1. The van der Waals surface area contributed by atoms with Crippen LogP contribution in [0.3, 0.4) is 0 Å². The quantitative estimate of drug-likeness (QED) is 0.709. The second kappa shape index (κ2) is 5.90. The molecule has 0 spiro atoms. The minimum Gasteiger partial charge on any atom is -0.465 e. The van der Waals surface area contributed by atoms with Crippen LogP contribution in [0.2, 0.25) is 0 Å². The van der Waals surface area contributed by atoms with E-state index in [-0.39, 0.29) is 12.1 Å². The van der Waals surface area contributed by atoms with Gasteiger partial charge in [-0.25, -0.2) is 4.79 Å². The largest absolute Gasteiger partial charge is 0.465 e. The highest BCUT2D eigenvalue weighted by atomic mass is 16.5. The molecule has 1 N–H and O–H groups in total. The van der Waals surface area contributed by atoms with Crippen LogP contribution in [-0.2, 0) is 21.6 Å². The average molecular weight is 363 g/mol. The van der Waals surface area contributed by atoms with Crippen LogP contribution in [0.5, 0.6) is 0 Å². The maximum Gasteiger partial charge on any atom is 0.339 e. The lowest BCUT2D eigenvalue weighted by atomic mass is 9.96. The first-order valence-corrected chi connectivity index (χ1v) is 9.16. The third kappa shape index (κ3) is 2.40. The van der Waals surface area contributed by atoms with Crippen molar-refractivity contribution in [2.24, 2.45) is 0 Å². The van der Waals surface area contributed by atoms with E-state index in [2.05, 4.69) is 40.0 Å². The molecule has 0 amide bonds. The second-order valence-electron chi connectivity index (χ2n) is 7.31. The molecule has 5 rings (SSSR count). The highest BCUT2D eigenvalue weighted by Gasteiger charge is 2.49. The van der Waals surface area contributed by atoms with Crippen LogP contribution in [0.15, 0.2) is 42.7 Å². The van der Waals surface area contributed by atoms with Gasteiger partial charge in [-0.1, -0.05) is 18.2 Å². The monoisotopic (exact) mass is 363 g/mol. The van der Waals surface area contributed by atoms with E-state index >= 15 is 0 Å². The molecule has 0 aliphatic carbocycles. The molecule has 0 saturated carbocycles. The van der Waals surface area contributed by atoms with Crippen molar-refractivity contribution in [3.05, 3.63) is 65.1 Å². The number of rotatable bonds is 2. The van der Waals surface area contributed by atoms with Crippen LogP contribution in [-0.4, -0.2) is 41.0 Å². The van der Waals surface area contributed by atoms with E-state index in [1.807, 2.05) is 12.1 Å². The fourth-order valence-corrected chi connectivity index (χ4v) is 4.42. The third-order valence-electron chi connectivity index (χ3n) is 5.82. The van der Waals surface area contributed by atoms with Crippen LogP contribution < -0.4 is 0 Å². The lowest BCUT2D eigenvalue weighted by Crippen LogP contribution is -2.44. The summed E-state index contributed by atoms with van der Waals surface area (Å²) in [7, 11) is 1.37. The van der Waals surface area contributed by atoms with Gasteiger partial charge in [-0.3, -0.25) is 9.88 Å². The summed E-state index contributed by atoms with van der Waals surface area (Å²) >= 11 is 0. The number of ether oxygens (including phenoxy) is 2. The van der Waals surface area contributed by atoms with Gasteiger partial charge in [-0.15, -0.1) is 0 Å². The molecule has 2 aromatic heterocycles. The van der Waals surface area contributed by atoms with E-state index in [0.29, 0.717) is 5.56 Å². The standard InChI is InChI=1S/C21H21N3O3/c1-21-19-16(15-5-3-4-6-17(15)23-19)7-8-24(21)12-18(27-21)13-9-14(11-22-10-13)20(25)26-2/h3-6,9-11,18,23H,7-8,12H2,1-2H3/t18-,21+/m0/s1. The minimum absolute atomic E-state index is 0.149. The SMILES string of the molecule is COC(=O)c1cncc([C@@H]2CN3CCc4c([nH]c5ccccc45)[C@@]3(C)O2)c1. The van der Waals surface area contributed by atoms with Gasteiger partial charge in [0.25, 0.3) is 0 Å². The zero-order chi connectivity index (χ0) is 18.6. The number of para-hydroxylation sites is 1. The summed E-state index contributed by atoms with van der Waals surface area (Å²) in [5, 5.41) is 1.27. The molecule has 1 aromatic carbocycles. The normalized spacial score (nSPS) is 24.6. The van der Waals surface area contributed by atoms with Gasteiger partial charge in [-0.05, 0) is 31.0 Å². The Labute approximate surface area is 157 Å². The first-order chi connectivity index (χ1) is 13.1. The van der Waals surface area contributed by atoms with Gasteiger partial charge in [-0.2, -0.15) is 0 Å². The van der Waals surface area contributed by atoms with Gasteiger partial charge in [0.15, 0.2) is 5.72 Å². The molecule has 4 heterocycles. The molecule has 2 aliphatic rings. The van der Waals surface area contributed by atoms with Crippen molar-refractivity contribution in [3.8, 4) is 0 Å². The maximum atomic E-state index is 11.8. The highest BCUT2D eigenvalue weighted by molar-refractivity contribution is 5.89. The van der Waals surface area contributed by atoms with Gasteiger partial charge in [0, 0.05) is 41.9 Å². The number of hydrogen-bond donors (Lipinski definition) is 1. The summed E-state index contributed by atoms with van der Waals surface area (Å²) < 4.78 is 11.4. The number of methoxy groups -OCH3 is 1. The van der Waals surface area contributed by atoms with Gasteiger partial charge in [0.1, 0.15) is 0 Å². The first kappa shape index (κ1) is 16.5. The third-order valence-corrected chi connectivity index (χ3v) is 5.82. The summed E-state index contributed by atoms with van der Waals surface area (Å²) in [5.41, 5.74) is 4.44. The van der Waals surface area contributed by atoms with Crippen molar-refractivity contribution < 1.29 is 14.3 Å². The molecule has 3 aromatic rings. The lowest BCUT2D eigenvalue weighted by molar-refractivity contribution is -0.106. The predicted molar refractivity (Wildman–Crippen MR) is 100 cm³/mol. The number of fused-ring (bicyclic) bond motifs is 5. The topological polar surface area (TPSA) is 67.5 Å². The number of esters is 1. The Morgan fingerprint density at radius 1 is 1.37 bits per heavy atom. The Balaban J connectivity index is 1.53. The summed E-state index contributed by atoms with van der Waals surface area (Å²) in [4.78, 5) is 22.0. The van der Waals surface area contributed by atoms with E-state index in [1.165, 1.54) is 24.3 Å². The van der Waals surface area contributed by atoms with Crippen molar-refractivity contribution in [2.75, 3.05) is 20.2 Å². The molecule has 2 atom stereocenters. The highest BCUT2D eigenvalue weighted by Crippen LogP contribution is 2.47. The maximum absolute atomic E-state index is 11.8. The molecule has 1 fully saturated rings. The van der Waals surface area contributed by atoms with Crippen LogP contribution in [0, 0.1) is 0 Å². The Morgan fingerprint density at radius 3 is 3.07 bits per heavy atom. The molecule has 6 nitrogen and oxygen atoms in total. The number of carbonyl (C=O) groups is 1. The molecule has 0 unspecified atom stereocenters. The molecule has 6 heteroatoms. The molecule has 27 heavy (non-hydrogen) atoms. The second-order valence-corrected chi connectivity index (χ2v) is 7.31. The van der Waals surface area contributed by atoms with Crippen LogP contribution in [0.1, 0.15) is 40.2 Å². The van der Waals surface area contributed by atoms with E-state index in [4.69, 9.17) is 9.47 Å². The van der Waals surface area contributed by atoms with Crippen molar-refractivity contribution in [2.45, 2.75) is 25.2 Å². The van der Waals surface area contributed by atoms with Gasteiger partial charge in [0.05, 0.1) is 24.5 Å². The number of aromatic amines is 1. The van der Waals surface area contributed by atoms with Crippen LogP contribution in [0.4, 0.5) is 0 Å². The van der Waals surface area contributed by atoms with Gasteiger partial charge in [0.2, 0.25) is 0 Å². The molecule has 1 saturated heterocycles.